The van der Waals surface area contributed by atoms with E-state index in [2.05, 4.69) is 10.6 Å². The molecule has 21 heavy (non-hydrogen) atoms. The number of piperidine rings is 1. The summed E-state index contributed by atoms with van der Waals surface area (Å²) in [6.07, 6.45) is 5.45. The van der Waals surface area contributed by atoms with Gasteiger partial charge in [0.15, 0.2) is 0 Å². The van der Waals surface area contributed by atoms with E-state index < -0.39 is 11.9 Å². The number of carboxylic acid groups (broad SMARTS) is 1. The van der Waals surface area contributed by atoms with Crippen LogP contribution in [0.5, 0.6) is 0 Å². The number of hydrogen-bond acceptors (Lipinski definition) is 3. The zero-order chi connectivity index (χ0) is 15.9. The van der Waals surface area contributed by atoms with Crippen LogP contribution in [-0.4, -0.2) is 36.1 Å². The molecule has 0 aromatic carbocycles. The van der Waals surface area contributed by atoms with Crippen molar-refractivity contribution in [2.45, 2.75) is 65.3 Å². The van der Waals surface area contributed by atoms with Gasteiger partial charge in [-0.15, -0.1) is 0 Å². The SMILES string of the molecule is CC(C)(C)CC(CNC(=O)CCC1CCCCN1)C(=O)O. The van der Waals surface area contributed by atoms with Crippen LogP contribution in [-0.2, 0) is 9.59 Å². The van der Waals surface area contributed by atoms with Crippen LogP contribution in [0.2, 0.25) is 0 Å². The summed E-state index contributed by atoms with van der Waals surface area (Å²) in [6, 6.07) is 0.439. The number of aliphatic carboxylic acids is 1. The van der Waals surface area contributed by atoms with Gasteiger partial charge < -0.3 is 15.7 Å². The molecule has 0 radical (unpaired) electrons. The predicted octanol–water partition coefficient (Wildman–Crippen LogP) is 2.16. The van der Waals surface area contributed by atoms with Gasteiger partial charge in [0.2, 0.25) is 5.91 Å². The Kier molecular flexibility index (Phi) is 7.15. The minimum Gasteiger partial charge on any atom is -0.481 e. The van der Waals surface area contributed by atoms with Crippen molar-refractivity contribution >= 4 is 11.9 Å². The lowest BCUT2D eigenvalue weighted by Gasteiger charge is -2.24. The molecule has 5 heteroatoms. The molecule has 1 amide bonds. The molecule has 2 atom stereocenters. The lowest BCUT2D eigenvalue weighted by molar-refractivity contribution is -0.142. The second kappa shape index (κ2) is 8.37. The van der Waals surface area contributed by atoms with E-state index in [0.29, 0.717) is 18.9 Å². The van der Waals surface area contributed by atoms with Crippen LogP contribution in [0.4, 0.5) is 0 Å². The zero-order valence-corrected chi connectivity index (χ0v) is 13.6. The van der Waals surface area contributed by atoms with Gasteiger partial charge in [-0.25, -0.2) is 0 Å². The van der Waals surface area contributed by atoms with Crippen molar-refractivity contribution in [2.75, 3.05) is 13.1 Å². The topological polar surface area (TPSA) is 78.4 Å². The average Bonchev–Trinajstić information content (AvgIpc) is 2.41. The van der Waals surface area contributed by atoms with Gasteiger partial charge in [-0.3, -0.25) is 9.59 Å². The Morgan fingerprint density at radius 2 is 2.05 bits per heavy atom. The van der Waals surface area contributed by atoms with E-state index in [1.807, 2.05) is 20.8 Å². The minimum absolute atomic E-state index is 0.0393. The van der Waals surface area contributed by atoms with Crippen molar-refractivity contribution in [2.24, 2.45) is 11.3 Å². The Bertz CT molecular complexity index is 344. The number of carbonyl (C=O) groups excluding carboxylic acids is 1. The fraction of sp³-hybridized carbons (Fsp3) is 0.875. The Hall–Kier alpha value is -1.10. The molecular weight excluding hydrogens is 268 g/mol. The normalized spacial score (nSPS) is 20.8. The number of nitrogens with one attached hydrogen (secondary N) is 2. The second-order valence-corrected chi connectivity index (χ2v) is 7.29. The number of carboxylic acids is 1. The van der Waals surface area contributed by atoms with Gasteiger partial charge in [0.05, 0.1) is 5.92 Å². The molecule has 0 aromatic heterocycles. The van der Waals surface area contributed by atoms with Crippen molar-refractivity contribution in [3.63, 3.8) is 0 Å². The van der Waals surface area contributed by atoms with Gasteiger partial charge in [0.25, 0.3) is 0 Å². The Morgan fingerprint density at radius 3 is 2.57 bits per heavy atom. The molecule has 0 aromatic rings. The standard InChI is InChI=1S/C16H30N2O3/c1-16(2,3)10-12(15(20)21)11-18-14(19)8-7-13-6-4-5-9-17-13/h12-13,17H,4-11H2,1-3H3,(H,18,19)(H,20,21). The van der Waals surface area contributed by atoms with E-state index in [4.69, 9.17) is 0 Å². The largest absolute Gasteiger partial charge is 0.481 e. The first kappa shape index (κ1) is 18.0. The first-order valence-electron chi connectivity index (χ1n) is 8.01. The molecule has 1 aliphatic heterocycles. The maximum absolute atomic E-state index is 11.8. The van der Waals surface area contributed by atoms with E-state index in [1.54, 1.807) is 0 Å². The molecule has 122 valence electrons. The van der Waals surface area contributed by atoms with Crippen molar-refractivity contribution in [3.05, 3.63) is 0 Å². The summed E-state index contributed by atoms with van der Waals surface area (Å²) in [5.74, 6) is -1.39. The highest BCUT2D eigenvalue weighted by Gasteiger charge is 2.25. The maximum Gasteiger partial charge on any atom is 0.308 e. The van der Waals surface area contributed by atoms with Crippen molar-refractivity contribution in [1.82, 2.24) is 10.6 Å². The van der Waals surface area contributed by atoms with Crippen LogP contribution < -0.4 is 10.6 Å². The first-order chi connectivity index (χ1) is 9.78. The van der Waals surface area contributed by atoms with E-state index in [1.165, 1.54) is 12.8 Å². The van der Waals surface area contributed by atoms with Gasteiger partial charge in [0.1, 0.15) is 0 Å². The van der Waals surface area contributed by atoms with Gasteiger partial charge >= 0.3 is 5.97 Å². The van der Waals surface area contributed by atoms with E-state index in [-0.39, 0.29) is 17.9 Å². The van der Waals surface area contributed by atoms with Crippen LogP contribution in [0, 0.1) is 11.3 Å². The highest BCUT2D eigenvalue weighted by Crippen LogP contribution is 2.24. The average molecular weight is 298 g/mol. The molecule has 1 heterocycles. The Balaban J connectivity index is 2.27. The maximum atomic E-state index is 11.8. The van der Waals surface area contributed by atoms with Gasteiger partial charge in [-0.05, 0) is 37.6 Å². The summed E-state index contributed by atoms with van der Waals surface area (Å²) in [5.41, 5.74) is -0.0558. The third-order valence-electron chi connectivity index (χ3n) is 3.89. The molecule has 1 rings (SSSR count). The highest BCUT2D eigenvalue weighted by atomic mass is 16.4. The second-order valence-electron chi connectivity index (χ2n) is 7.29. The monoisotopic (exact) mass is 298 g/mol. The summed E-state index contributed by atoms with van der Waals surface area (Å²) in [7, 11) is 0. The Morgan fingerprint density at radius 1 is 1.33 bits per heavy atom. The Labute approximate surface area is 127 Å². The van der Waals surface area contributed by atoms with Crippen LogP contribution >= 0.6 is 0 Å². The van der Waals surface area contributed by atoms with Crippen molar-refractivity contribution in [1.29, 1.82) is 0 Å². The molecule has 1 fully saturated rings. The fourth-order valence-corrected chi connectivity index (χ4v) is 2.79. The molecule has 1 saturated heterocycles. The van der Waals surface area contributed by atoms with Crippen LogP contribution in [0.25, 0.3) is 0 Å². The molecule has 0 aliphatic carbocycles. The molecular formula is C16H30N2O3. The number of hydrogen-bond donors (Lipinski definition) is 3. The third-order valence-corrected chi connectivity index (χ3v) is 3.89. The molecule has 3 N–H and O–H groups in total. The molecule has 1 aliphatic rings. The van der Waals surface area contributed by atoms with Crippen LogP contribution in [0.3, 0.4) is 0 Å². The summed E-state index contributed by atoms with van der Waals surface area (Å²) >= 11 is 0. The van der Waals surface area contributed by atoms with E-state index >= 15 is 0 Å². The van der Waals surface area contributed by atoms with E-state index in [0.717, 1.165) is 19.4 Å². The fourth-order valence-electron chi connectivity index (χ4n) is 2.79. The van der Waals surface area contributed by atoms with Gasteiger partial charge in [-0.2, -0.15) is 0 Å². The summed E-state index contributed by atoms with van der Waals surface area (Å²) in [4.78, 5) is 23.1. The first-order valence-corrected chi connectivity index (χ1v) is 8.01. The number of amides is 1. The third kappa shape index (κ3) is 8.05. The predicted molar refractivity (Wildman–Crippen MR) is 83.1 cm³/mol. The number of carbonyl (C=O) groups is 2. The van der Waals surface area contributed by atoms with E-state index in [9.17, 15) is 14.7 Å². The lowest BCUT2D eigenvalue weighted by Crippen LogP contribution is -2.37. The molecule has 0 bridgehead atoms. The smallest absolute Gasteiger partial charge is 0.308 e. The summed E-state index contributed by atoms with van der Waals surface area (Å²) in [6.45, 7) is 7.31. The number of rotatable bonds is 7. The molecule has 5 nitrogen and oxygen atoms in total. The van der Waals surface area contributed by atoms with Gasteiger partial charge in [-0.1, -0.05) is 27.2 Å². The summed E-state index contributed by atoms with van der Waals surface area (Å²) in [5, 5.41) is 15.4. The zero-order valence-electron chi connectivity index (χ0n) is 13.6. The highest BCUT2D eigenvalue weighted by molar-refractivity contribution is 5.77. The molecule has 2 unspecified atom stereocenters. The van der Waals surface area contributed by atoms with Crippen LogP contribution in [0.1, 0.15) is 59.3 Å². The van der Waals surface area contributed by atoms with Crippen LogP contribution in [0.15, 0.2) is 0 Å². The molecule has 0 spiro atoms. The van der Waals surface area contributed by atoms with Crippen molar-refractivity contribution < 1.29 is 14.7 Å². The van der Waals surface area contributed by atoms with Gasteiger partial charge in [0, 0.05) is 19.0 Å². The quantitative estimate of drug-likeness (QED) is 0.673. The van der Waals surface area contributed by atoms with Crippen molar-refractivity contribution in [3.8, 4) is 0 Å². The summed E-state index contributed by atoms with van der Waals surface area (Å²) < 4.78 is 0. The minimum atomic E-state index is -0.834. The molecule has 0 saturated carbocycles. The lowest BCUT2D eigenvalue weighted by atomic mass is 9.84.